The van der Waals surface area contributed by atoms with Crippen molar-refractivity contribution in [2.24, 2.45) is 0 Å². The lowest BCUT2D eigenvalue weighted by Gasteiger charge is -2.28. The highest BCUT2D eigenvalue weighted by atomic mass is 19.4. The summed E-state index contributed by atoms with van der Waals surface area (Å²) in [7, 11) is 0. The lowest BCUT2D eigenvalue weighted by atomic mass is 10.0. The first kappa shape index (κ1) is 23.5. The Kier molecular flexibility index (Phi) is 5.96. The van der Waals surface area contributed by atoms with Gasteiger partial charge in [-0.1, -0.05) is 0 Å². The zero-order valence-corrected chi connectivity index (χ0v) is 19.0. The number of pyridine rings is 3. The standard InChI is InChI=1S/C24H20F3N7O2/c1-13(22-29-5-2-6-30-22)34(10-15-4-3-14(8-31-15)24(25,26)27)23(35)19-7-16-17-11-36-12-18(17)21(28)33-20(16)9-32-19/h2-9,13H,10-12H2,1H3,(H2,28,33). The summed E-state index contributed by atoms with van der Waals surface area (Å²) >= 11 is 0. The summed E-state index contributed by atoms with van der Waals surface area (Å²) in [5.74, 6) is 0.256. The molecule has 1 unspecified atom stereocenters. The van der Waals surface area contributed by atoms with E-state index in [-0.39, 0.29) is 17.9 Å². The van der Waals surface area contributed by atoms with Gasteiger partial charge in [-0.3, -0.25) is 9.78 Å². The Morgan fingerprint density at radius 2 is 1.86 bits per heavy atom. The predicted octanol–water partition coefficient (Wildman–Crippen LogP) is 3.85. The number of nitrogens with zero attached hydrogens (tertiary/aromatic N) is 6. The van der Waals surface area contributed by atoms with Gasteiger partial charge in [0.1, 0.15) is 17.3 Å². The first-order valence-electron chi connectivity index (χ1n) is 11.0. The number of ether oxygens (including phenoxy) is 1. The summed E-state index contributed by atoms with van der Waals surface area (Å²) in [6.45, 7) is 2.32. The fourth-order valence-electron chi connectivity index (χ4n) is 4.05. The summed E-state index contributed by atoms with van der Waals surface area (Å²) < 4.78 is 44.5. The van der Waals surface area contributed by atoms with Crippen molar-refractivity contribution in [1.82, 2.24) is 29.8 Å². The van der Waals surface area contributed by atoms with Gasteiger partial charge in [0.25, 0.3) is 5.91 Å². The Labute approximate surface area is 203 Å². The molecule has 4 aromatic rings. The molecular weight excluding hydrogens is 475 g/mol. The van der Waals surface area contributed by atoms with Crippen molar-refractivity contribution in [2.75, 3.05) is 5.73 Å². The van der Waals surface area contributed by atoms with Crippen molar-refractivity contribution in [1.29, 1.82) is 0 Å². The first-order chi connectivity index (χ1) is 17.2. The lowest BCUT2D eigenvalue weighted by molar-refractivity contribution is -0.137. The average molecular weight is 495 g/mol. The Balaban J connectivity index is 1.53. The van der Waals surface area contributed by atoms with Crippen LogP contribution in [0.15, 0.2) is 49.1 Å². The van der Waals surface area contributed by atoms with Crippen LogP contribution in [0.2, 0.25) is 0 Å². The topological polar surface area (TPSA) is 120 Å². The Morgan fingerprint density at radius 1 is 1.11 bits per heavy atom. The van der Waals surface area contributed by atoms with Gasteiger partial charge in [0.2, 0.25) is 0 Å². The van der Waals surface area contributed by atoms with Crippen LogP contribution in [0, 0.1) is 0 Å². The molecule has 0 radical (unpaired) electrons. The number of alkyl halides is 3. The second kappa shape index (κ2) is 9.11. The number of carbonyl (C=O) groups excluding carboxylic acids is 1. The highest BCUT2D eigenvalue weighted by molar-refractivity contribution is 5.97. The minimum atomic E-state index is -4.51. The zero-order chi connectivity index (χ0) is 25.4. The molecule has 0 aliphatic carbocycles. The molecule has 0 saturated heterocycles. The van der Waals surface area contributed by atoms with E-state index in [0.717, 1.165) is 23.4 Å². The van der Waals surface area contributed by atoms with Crippen LogP contribution in [0.1, 0.15) is 51.7 Å². The Hall–Kier alpha value is -4.19. The Bertz CT molecular complexity index is 1430. The number of anilines is 1. The largest absolute Gasteiger partial charge is 0.417 e. The Morgan fingerprint density at radius 3 is 2.56 bits per heavy atom. The van der Waals surface area contributed by atoms with Gasteiger partial charge >= 0.3 is 6.18 Å². The van der Waals surface area contributed by atoms with Crippen molar-refractivity contribution in [3.63, 3.8) is 0 Å². The molecule has 12 heteroatoms. The fraction of sp³-hybridized carbons (Fsp3) is 0.250. The molecular formula is C24H20F3N7O2. The molecule has 0 aromatic carbocycles. The van der Waals surface area contributed by atoms with Crippen molar-refractivity contribution < 1.29 is 22.7 Å². The number of amides is 1. The fourth-order valence-corrected chi connectivity index (χ4v) is 4.05. The number of carbonyl (C=O) groups is 1. The molecule has 2 N–H and O–H groups in total. The predicted molar refractivity (Wildman–Crippen MR) is 122 cm³/mol. The molecule has 5 rings (SSSR count). The van der Waals surface area contributed by atoms with E-state index in [4.69, 9.17) is 10.5 Å². The number of rotatable bonds is 5. The van der Waals surface area contributed by atoms with Gasteiger partial charge in [-0.25, -0.2) is 19.9 Å². The number of hydrogen-bond donors (Lipinski definition) is 1. The molecule has 1 atom stereocenters. The quantitative estimate of drug-likeness (QED) is 0.443. The summed E-state index contributed by atoms with van der Waals surface area (Å²) in [6.07, 6.45) is 0.796. The van der Waals surface area contributed by atoms with E-state index in [9.17, 15) is 18.0 Å². The summed E-state index contributed by atoms with van der Waals surface area (Å²) in [5.41, 5.74) is 7.71. The van der Waals surface area contributed by atoms with E-state index in [1.54, 1.807) is 31.5 Å². The van der Waals surface area contributed by atoms with Crippen LogP contribution in [0.3, 0.4) is 0 Å². The molecule has 0 fully saturated rings. The van der Waals surface area contributed by atoms with Gasteiger partial charge in [0.05, 0.1) is 48.8 Å². The van der Waals surface area contributed by atoms with Gasteiger partial charge in [-0.15, -0.1) is 0 Å². The van der Waals surface area contributed by atoms with Gasteiger partial charge < -0.3 is 15.4 Å². The molecule has 184 valence electrons. The third kappa shape index (κ3) is 4.42. The van der Waals surface area contributed by atoms with E-state index in [1.165, 1.54) is 17.2 Å². The van der Waals surface area contributed by atoms with Gasteiger partial charge in [-0.2, -0.15) is 13.2 Å². The maximum atomic E-state index is 13.7. The van der Waals surface area contributed by atoms with E-state index < -0.39 is 23.7 Å². The summed E-state index contributed by atoms with van der Waals surface area (Å²) in [4.78, 5) is 36.2. The molecule has 36 heavy (non-hydrogen) atoms. The van der Waals surface area contributed by atoms with E-state index in [2.05, 4.69) is 24.9 Å². The summed E-state index contributed by atoms with van der Waals surface area (Å²) in [6, 6.07) is 4.82. The molecule has 1 aliphatic heterocycles. The van der Waals surface area contributed by atoms with Crippen LogP contribution in [-0.2, 0) is 30.7 Å². The molecule has 0 spiro atoms. The highest BCUT2D eigenvalue weighted by Gasteiger charge is 2.31. The minimum absolute atomic E-state index is 0.0860. The van der Waals surface area contributed by atoms with Crippen LogP contribution >= 0.6 is 0 Å². The van der Waals surface area contributed by atoms with Gasteiger partial charge in [0, 0.05) is 29.5 Å². The van der Waals surface area contributed by atoms with Gasteiger partial charge in [-0.05, 0) is 36.8 Å². The van der Waals surface area contributed by atoms with E-state index in [0.29, 0.717) is 35.8 Å². The lowest BCUT2D eigenvalue weighted by Crippen LogP contribution is -2.35. The van der Waals surface area contributed by atoms with Gasteiger partial charge in [0.15, 0.2) is 0 Å². The third-order valence-corrected chi connectivity index (χ3v) is 6.01. The third-order valence-electron chi connectivity index (χ3n) is 6.01. The molecule has 1 aliphatic rings. The molecule has 9 nitrogen and oxygen atoms in total. The van der Waals surface area contributed by atoms with E-state index >= 15 is 0 Å². The number of nitrogens with two attached hydrogens (primary N) is 1. The van der Waals surface area contributed by atoms with Crippen LogP contribution in [0.5, 0.6) is 0 Å². The minimum Gasteiger partial charge on any atom is -0.383 e. The van der Waals surface area contributed by atoms with Crippen LogP contribution in [0.4, 0.5) is 19.0 Å². The zero-order valence-electron chi connectivity index (χ0n) is 19.0. The van der Waals surface area contributed by atoms with Crippen LogP contribution in [0.25, 0.3) is 10.9 Å². The number of halogens is 3. The number of aromatic nitrogens is 5. The van der Waals surface area contributed by atoms with E-state index in [1.807, 2.05) is 0 Å². The maximum absolute atomic E-state index is 13.7. The van der Waals surface area contributed by atoms with Crippen LogP contribution < -0.4 is 5.73 Å². The SMILES string of the molecule is CC(c1ncccn1)N(Cc1ccc(C(F)(F)F)cn1)C(=O)c1cc2c3c(c(N)nc2cn1)COC3. The molecule has 4 aromatic heterocycles. The average Bonchev–Trinajstić information content (AvgIpc) is 3.38. The van der Waals surface area contributed by atoms with Crippen molar-refractivity contribution in [3.05, 3.63) is 83.0 Å². The second-order valence-corrected chi connectivity index (χ2v) is 8.29. The molecule has 5 heterocycles. The summed E-state index contributed by atoms with van der Waals surface area (Å²) in [5, 5.41) is 0.700. The number of nitrogen functional groups attached to an aromatic ring is 1. The number of hydrogen-bond acceptors (Lipinski definition) is 8. The number of fused-ring (bicyclic) bond motifs is 3. The van der Waals surface area contributed by atoms with Crippen molar-refractivity contribution >= 4 is 22.6 Å². The second-order valence-electron chi connectivity index (χ2n) is 8.29. The van der Waals surface area contributed by atoms with Crippen molar-refractivity contribution in [3.8, 4) is 0 Å². The smallest absolute Gasteiger partial charge is 0.383 e. The maximum Gasteiger partial charge on any atom is 0.417 e. The van der Waals surface area contributed by atoms with Crippen LogP contribution in [-0.4, -0.2) is 35.7 Å². The molecule has 0 bridgehead atoms. The highest BCUT2D eigenvalue weighted by Crippen LogP contribution is 2.32. The molecule has 0 saturated carbocycles. The monoisotopic (exact) mass is 495 g/mol. The first-order valence-corrected chi connectivity index (χ1v) is 11.0. The molecule has 1 amide bonds. The normalized spacial score (nSPS) is 14.0. The van der Waals surface area contributed by atoms with Crippen molar-refractivity contribution in [2.45, 2.75) is 38.9 Å².